The van der Waals surface area contributed by atoms with Gasteiger partial charge in [-0.25, -0.2) is 0 Å². The summed E-state index contributed by atoms with van der Waals surface area (Å²) in [4.78, 5) is 13.0. The summed E-state index contributed by atoms with van der Waals surface area (Å²) >= 11 is 0. The molecule has 20 heavy (non-hydrogen) atoms. The first-order chi connectivity index (χ1) is 9.70. The van der Waals surface area contributed by atoms with Crippen LogP contribution in [-0.2, 0) is 0 Å². The first-order valence-electron chi connectivity index (χ1n) is 7.49. The van der Waals surface area contributed by atoms with Gasteiger partial charge in [0.05, 0.1) is 4.92 Å². The fourth-order valence-electron chi connectivity index (χ4n) is 2.69. The van der Waals surface area contributed by atoms with Gasteiger partial charge < -0.3 is 10.2 Å². The number of nitrogens with one attached hydrogen (secondary N) is 1. The molecule has 0 atom stereocenters. The van der Waals surface area contributed by atoms with E-state index >= 15 is 0 Å². The van der Waals surface area contributed by atoms with Gasteiger partial charge in [-0.15, -0.1) is 0 Å². The van der Waals surface area contributed by atoms with Gasteiger partial charge in [0.1, 0.15) is 0 Å². The number of hydrogen-bond acceptors (Lipinski definition) is 4. The van der Waals surface area contributed by atoms with Crippen molar-refractivity contribution in [2.45, 2.75) is 39.0 Å². The van der Waals surface area contributed by atoms with Crippen molar-refractivity contribution < 1.29 is 4.92 Å². The van der Waals surface area contributed by atoms with Crippen molar-refractivity contribution >= 4 is 17.1 Å². The van der Waals surface area contributed by atoms with Crippen molar-refractivity contribution in [3.05, 3.63) is 28.3 Å². The smallest absolute Gasteiger partial charge is 0.273 e. The number of anilines is 2. The van der Waals surface area contributed by atoms with Crippen molar-refractivity contribution in [2.75, 3.05) is 29.9 Å². The molecule has 0 spiro atoms. The van der Waals surface area contributed by atoms with Crippen LogP contribution in [-0.4, -0.2) is 24.6 Å². The minimum atomic E-state index is -0.311. The van der Waals surface area contributed by atoms with E-state index in [2.05, 4.69) is 10.2 Å². The Kier molecular flexibility index (Phi) is 5.21. The van der Waals surface area contributed by atoms with Gasteiger partial charge in [0.25, 0.3) is 5.69 Å². The van der Waals surface area contributed by atoms with Crippen LogP contribution in [0.1, 0.15) is 39.0 Å². The third-order valence-electron chi connectivity index (χ3n) is 3.72. The van der Waals surface area contributed by atoms with Crippen molar-refractivity contribution in [3.63, 3.8) is 0 Å². The molecule has 0 saturated carbocycles. The molecule has 1 N–H and O–H groups in total. The van der Waals surface area contributed by atoms with Gasteiger partial charge >= 0.3 is 0 Å². The van der Waals surface area contributed by atoms with Crippen LogP contribution in [0.15, 0.2) is 18.2 Å². The Morgan fingerprint density at radius 2 is 1.80 bits per heavy atom. The number of benzene rings is 1. The molecule has 0 aromatic heterocycles. The molecule has 0 radical (unpaired) electrons. The van der Waals surface area contributed by atoms with Crippen LogP contribution in [0.3, 0.4) is 0 Å². The minimum absolute atomic E-state index is 0.167. The molecule has 110 valence electrons. The number of nitro groups is 1. The molecule has 2 rings (SSSR count). The Hall–Kier alpha value is -1.78. The van der Waals surface area contributed by atoms with Crippen LogP contribution in [0, 0.1) is 10.1 Å². The lowest BCUT2D eigenvalue weighted by Gasteiger charge is -2.27. The van der Waals surface area contributed by atoms with Gasteiger partial charge in [-0.1, -0.05) is 19.3 Å². The van der Waals surface area contributed by atoms with Gasteiger partial charge in [-0.3, -0.25) is 10.1 Å². The molecule has 0 aliphatic carbocycles. The predicted molar refractivity (Wildman–Crippen MR) is 82.6 cm³/mol. The van der Waals surface area contributed by atoms with Gasteiger partial charge in [-0.05, 0) is 25.8 Å². The molecule has 1 aromatic rings. The van der Waals surface area contributed by atoms with Crippen molar-refractivity contribution in [3.8, 4) is 0 Å². The molecule has 1 aliphatic heterocycles. The molecule has 0 amide bonds. The second kappa shape index (κ2) is 7.12. The highest BCUT2D eigenvalue weighted by atomic mass is 16.6. The molecule has 1 aromatic carbocycles. The Morgan fingerprint density at radius 1 is 1.15 bits per heavy atom. The summed E-state index contributed by atoms with van der Waals surface area (Å²) in [5.74, 6) is 0. The SMILES string of the molecule is CCNc1cc(N2CCCCCCC2)cc([N+](=O)[O-])c1. The van der Waals surface area contributed by atoms with E-state index in [-0.39, 0.29) is 10.6 Å². The summed E-state index contributed by atoms with van der Waals surface area (Å²) in [6.45, 7) is 4.74. The molecule has 0 unspecified atom stereocenters. The fraction of sp³-hybridized carbons (Fsp3) is 0.600. The molecule has 1 saturated heterocycles. The molecule has 1 aliphatic rings. The van der Waals surface area contributed by atoms with Crippen LogP contribution in [0.5, 0.6) is 0 Å². The highest BCUT2D eigenvalue weighted by Crippen LogP contribution is 2.28. The maximum Gasteiger partial charge on any atom is 0.273 e. The lowest BCUT2D eigenvalue weighted by molar-refractivity contribution is -0.384. The highest BCUT2D eigenvalue weighted by molar-refractivity contribution is 5.64. The van der Waals surface area contributed by atoms with E-state index in [1.54, 1.807) is 12.1 Å². The second-order valence-electron chi connectivity index (χ2n) is 5.28. The lowest BCUT2D eigenvalue weighted by atomic mass is 10.1. The van der Waals surface area contributed by atoms with Crippen LogP contribution in [0.2, 0.25) is 0 Å². The maximum absolute atomic E-state index is 11.1. The molecular formula is C15H23N3O2. The fourth-order valence-corrected chi connectivity index (χ4v) is 2.69. The summed E-state index contributed by atoms with van der Waals surface area (Å²) in [5.41, 5.74) is 1.97. The van der Waals surface area contributed by atoms with Gasteiger partial charge in [0.2, 0.25) is 0 Å². The Bertz CT molecular complexity index is 454. The zero-order chi connectivity index (χ0) is 14.4. The van der Waals surface area contributed by atoms with E-state index in [1.807, 2.05) is 13.0 Å². The van der Waals surface area contributed by atoms with E-state index < -0.39 is 0 Å². The Balaban J connectivity index is 2.25. The Labute approximate surface area is 120 Å². The third-order valence-corrected chi connectivity index (χ3v) is 3.72. The van der Waals surface area contributed by atoms with E-state index in [0.717, 1.165) is 31.0 Å². The average Bonchev–Trinajstić information content (AvgIpc) is 2.38. The average molecular weight is 277 g/mol. The van der Waals surface area contributed by atoms with Gasteiger partial charge in [0.15, 0.2) is 0 Å². The summed E-state index contributed by atoms with van der Waals surface area (Å²) in [6, 6.07) is 5.33. The van der Waals surface area contributed by atoms with Crippen LogP contribution < -0.4 is 10.2 Å². The van der Waals surface area contributed by atoms with Gasteiger partial charge in [-0.2, -0.15) is 0 Å². The zero-order valence-electron chi connectivity index (χ0n) is 12.1. The highest BCUT2D eigenvalue weighted by Gasteiger charge is 2.15. The van der Waals surface area contributed by atoms with Crippen molar-refractivity contribution in [1.29, 1.82) is 0 Å². The van der Waals surface area contributed by atoms with Crippen molar-refractivity contribution in [2.24, 2.45) is 0 Å². The van der Waals surface area contributed by atoms with Crippen LogP contribution in [0.25, 0.3) is 0 Å². The summed E-state index contributed by atoms with van der Waals surface area (Å²) < 4.78 is 0. The molecular weight excluding hydrogens is 254 g/mol. The van der Waals surface area contributed by atoms with Crippen molar-refractivity contribution in [1.82, 2.24) is 0 Å². The molecule has 5 nitrogen and oxygen atoms in total. The normalized spacial score (nSPS) is 16.4. The molecule has 5 heteroatoms. The number of nitro benzene ring substituents is 1. The topological polar surface area (TPSA) is 58.4 Å². The number of rotatable bonds is 4. The minimum Gasteiger partial charge on any atom is -0.385 e. The van der Waals surface area contributed by atoms with Gasteiger partial charge in [0, 0.05) is 43.1 Å². The van der Waals surface area contributed by atoms with Crippen LogP contribution >= 0.6 is 0 Å². The van der Waals surface area contributed by atoms with E-state index in [1.165, 1.54) is 32.1 Å². The Morgan fingerprint density at radius 3 is 2.40 bits per heavy atom. The number of non-ortho nitro benzene ring substituents is 1. The molecule has 0 bridgehead atoms. The lowest BCUT2D eigenvalue weighted by Crippen LogP contribution is -2.27. The predicted octanol–water partition coefficient (Wildman–Crippen LogP) is 3.80. The summed E-state index contributed by atoms with van der Waals surface area (Å²) in [7, 11) is 0. The first-order valence-corrected chi connectivity index (χ1v) is 7.49. The quantitative estimate of drug-likeness (QED) is 0.672. The molecule has 1 heterocycles. The standard InChI is InChI=1S/C15H23N3O2/c1-2-16-13-10-14(12-15(11-13)18(19)20)17-8-6-4-3-5-7-9-17/h10-12,16H,2-9H2,1H3. The summed E-state index contributed by atoms with van der Waals surface area (Å²) in [6.07, 6.45) is 6.15. The summed E-state index contributed by atoms with van der Waals surface area (Å²) in [5, 5.41) is 14.3. The van der Waals surface area contributed by atoms with Crippen LogP contribution in [0.4, 0.5) is 17.1 Å². The third kappa shape index (κ3) is 3.85. The number of nitrogens with zero attached hydrogens (tertiary/aromatic N) is 2. The zero-order valence-corrected chi connectivity index (χ0v) is 12.1. The van der Waals surface area contributed by atoms with E-state index in [9.17, 15) is 10.1 Å². The first kappa shape index (κ1) is 14.6. The second-order valence-corrected chi connectivity index (χ2v) is 5.28. The largest absolute Gasteiger partial charge is 0.385 e. The molecule has 1 fully saturated rings. The number of hydrogen-bond donors (Lipinski definition) is 1. The maximum atomic E-state index is 11.1. The monoisotopic (exact) mass is 277 g/mol. The van der Waals surface area contributed by atoms with E-state index in [0.29, 0.717) is 0 Å². The van der Waals surface area contributed by atoms with E-state index in [4.69, 9.17) is 0 Å².